The van der Waals surface area contributed by atoms with E-state index in [-0.39, 0.29) is 23.8 Å². The first-order valence-corrected chi connectivity index (χ1v) is 6.70. The summed E-state index contributed by atoms with van der Waals surface area (Å²) in [6, 6.07) is 6.61. The highest BCUT2D eigenvalue weighted by atomic mass is 32.2. The zero-order valence-corrected chi connectivity index (χ0v) is 10.3. The minimum atomic E-state index is -3.55. The van der Waals surface area contributed by atoms with Crippen LogP contribution >= 0.6 is 0 Å². The molecule has 0 saturated carbocycles. The van der Waals surface area contributed by atoms with Crippen LogP contribution in [0.15, 0.2) is 41.3 Å². The molecule has 1 heterocycles. The molecule has 4 nitrogen and oxygen atoms in total. The number of nitrogens with zero attached hydrogens (tertiary/aromatic N) is 1. The number of sulfonamides is 1. The van der Waals surface area contributed by atoms with E-state index in [0.717, 1.165) is 5.56 Å². The van der Waals surface area contributed by atoms with Crippen molar-refractivity contribution in [2.45, 2.75) is 11.8 Å². The van der Waals surface area contributed by atoms with E-state index in [0.29, 0.717) is 0 Å². The molecule has 2 rings (SSSR count). The normalized spacial score (nSPS) is 17.4. The number of benzene rings is 1. The van der Waals surface area contributed by atoms with E-state index in [1.807, 2.05) is 6.92 Å². The molecule has 0 radical (unpaired) electrons. The summed E-state index contributed by atoms with van der Waals surface area (Å²) in [6.07, 6.45) is 2.98. The van der Waals surface area contributed by atoms with Gasteiger partial charge in [-0.05, 0) is 25.1 Å². The Balaban J connectivity index is 2.33. The maximum Gasteiger partial charge on any atom is 0.243 e. The molecule has 90 valence electrons. The Kier molecular flexibility index (Phi) is 3.13. The van der Waals surface area contributed by atoms with E-state index >= 15 is 0 Å². The zero-order chi connectivity index (χ0) is 12.5. The van der Waals surface area contributed by atoms with Crippen molar-refractivity contribution in [3.05, 3.63) is 42.0 Å². The van der Waals surface area contributed by atoms with Gasteiger partial charge in [0.25, 0.3) is 0 Å². The van der Waals surface area contributed by atoms with Gasteiger partial charge in [-0.3, -0.25) is 4.79 Å². The van der Waals surface area contributed by atoms with Crippen LogP contribution in [0, 0.1) is 6.92 Å². The van der Waals surface area contributed by atoms with Crippen LogP contribution in [-0.2, 0) is 14.8 Å². The fourth-order valence-electron chi connectivity index (χ4n) is 1.64. The quantitative estimate of drug-likeness (QED) is 0.791. The van der Waals surface area contributed by atoms with E-state index in [9.17, 15) is 13.2 Å². The van der Waals surface area contributed by atoms with Crippen LogP contribution in [0.25, 0.3) is 0 Å². The molecule has 0 aromatic heterocycles. The molecule has 0 unspecified atom stereocenters. The second-order valence-electron chi connectivity index (χ2n) is 3.98. The summed E-state index contributed by atoms with van der Waals surface area (Å²) >= 11 is 0. The number of hydrogen-bond donors (Lipinski definition) is 0. The lowest BCUT2D eigenvalue weighted by molar-refractivity contribution is -0.115. The molecule has 1 aliphatic heterocycles. The van der Waals surface area contributed by atoms with Crippen LogP contribution in [0.4, 0.5) is 0 Å². The number of carbonyl (C=O) groups is 1. The minimum Gasteiger partial charge on any atom is -0.293 e. The maximum atomic E-state index is 12.2. The lowest BCUT2D eigenvalue weighted by Gasteiger charge is -2.21. The molecular weight excluding hydrogens is 238 g/mol. The lowest BCUT2D eigenvalue weighted by Crippen LogP contribution is -2.37. The van der Waals surface area contributed by atoms with Crippen LogP contribution in [0.2, 0.25) is 0 Å². The fourth-order valence-corrected chi connectivity index (χ4v) is 2.99. The Morgan fingerprint density at radius 1 is 1.18 bits per heavy atom. The molecule has 5 heteroatoms. The summed E-state index contributed by atoms with van der Waals surface area (Å²) in [5.74, 6) is -0.188. The molecule has 0 aliphatic carbocycles. The largest absolute Gasteiger partial charge is 0.293 e. The number of aryl methyl sites for hydroxylation is 1. The van der Waals surface area contributed by atoms with Crippen LogP contribution in [0.5, 0.6) is 0 Å². The molecule has 1 aliphatic rings. The van der Waals surface area contributed by atoms with E-state index < -0.39 is 10.0 Å². The Labute approximate surface area is 101 Å². The summed E-state index contributed by atoms with van der Waals surface area (Å²) in [6.45, 7) is 2.07. The maximum absolute atomic E-state index is 12.2. The van der Waals surface area contributed by atoms with Gasteiger partial charge >= 0.3 is 0 Å². The van der Waals surface area contributed by atoms with Gasteiger partial charge in [-0.15, -0.1) is 0 Å². The molecule has 17 heavy (non-hydrogen) atoms. The third kappa shape index (κ3) is 2.45. The topological polar surface area (TPSA) is 54.5 Å². The minimum absolute atomic E-state index is 0.0767. The predicted molar refractivity (Wildman–Crippen MR) is 64.1 cm³/mol. The van der Waals surface area contributed by atoms with E-state index in [4.69, 9.17) is 0 Å². The molecule has 0 atom stereocenters. The Morgan fingerprint density at radius 3 is 2.41 bits per heavy atom. The van der Waals surface area contributed by atoms with Gasteiger partial charge in [0.1, 0.15) is 0 Å². The van der Waals surface area contributed by atoms with Gasteiger partial charge in [-0.25, -0.2) is 8.42 Å². The zero-order valence-electron chi connectivity index (χ0n) is 9.46. The van der Waals surface area contributed by atoms with Crippen molar-refractivity contribution in [1.29, 1.82) is 0 Å². The lowest BCUT2D eigenvalue weighted by atomic mass is 10.2. The Morgan fingerprint density at radius 2 is 1.82 bits per heavy atom. The van der Waals surface area contributed by atoms with E-state index in [2.05, 4.69) is 0 Å². The van der Waals surface area contributed by atoms with Crippen LogP contribution in [0.3, 0.4) is 0 Å². The van der Waals surface area contributed by atoms with Gasteiger partial charge in [-0.2, -0.15) is 4.31 Å². The van der Waals surface area contributed by atoms with E-state index in [1.54, 1.807) is 30.3 Å². The average molecular weight is 251 g/mol. The standard InChI is InChI=1S/C12H13NO3S/c1-10-4-6-12(7-5-10)17(15,16)13-8-2-3-11(14)9-13/h2-7H,8-9H2,1H3. The highest BCUT2D eigenvalue weighted by Gasteiger charge is 2.26. The summed E-state index contributed by atoms with van der Waals surface area (Å²) in [4.78, 5) is 11.4. The highest BCUT2D eigenvalue weighted by molar-refractivity contribution is 7.89. The number of rotatable bonds is 2. The van der Waals surface area contributed by atoms with Gasteiger partial charge < -0.3 is 0 Å². The van der Waals surface area contributed by atoms with Crippen molar-refractivity contribution in [2.75, 3.05) is 13.1 Å². The van der Waals surface area contributed by atoms with Crippen molar-refractivity contribution in [3.63, 3.8) is 0 Å². The first kappa shape index (κ1) is 12.0. The van der Waals surface area contributed by atoms with Crippen molar-refractivity contribution in [2.24, 2.45) is 0 Å². The Hall–Kier alpha value is -1.46. The monoisotopic (exact) mass is 251 g/mol. The smallest absolute Gasteiger partial charge is 0.243 e. The molecular formula is C12H13NO3S. The third-order valence-electron chi connectivity index (χ3n) is 2.60. The van der Waals surface area contributed by atoms with E-state index in [1.165, 1.54) is 10.4 Å². The number of ketones is 1. The average Bonchev–Trinajstić information content (AvgIpc) is 2.29. The van der Waals surface area contributed by atoms with Crippen molar-refractivity contribution in [1.82, 2.24) is 4.31 Å². The summed E-state index contributed by atoms with van der Waals surface area (Å²) in [5, 5.41) is 0. The van der Waals surface area contributed by atoms with Gasteiger partial charge in [0.05, 0.1) is 11.4 Å². The second-order valence-corrected chi connectivity index (χ2v) is 5.92. The van der Waals surface area contributed by atoms with Gasteiger partial charge in [0.2, 0.25) is 10.0 Å². The van der Waals surface area contributed by atoms with Gasteiger partial charge in [0, 0.05) is 6.54 Å². The highest BCUT2D eigenvalue weighted by Crippen LogP contribution is 2.17. The molecule has 0 bridgehead atoms. The first-order valence-electron chi connectivity index (χ1n) is 5.26. The summed E-state index contributed by atoms with van der Waals surface area (Å²) in [7, 11) is -3.55. The fraction of sp³-hybridized carbons (Fsp3) is 0.250. The molecule has 0 fully saturated rings. The summed E-state index contributed by atoms with van der Waals surface area (Å²) < 4.78 is 25.5. The molecule has 0 saturated heterocycles. The molecule has 0 amide bonds. The predicted octanol–water partition coefficient (Wildman–Crippen LogP) is 1.12. The Bertz CT molecular complexity index is 558. The van der Waals surface area contributed by atoms with Crippen molar-refractivity contribution in [3.8, 4) is 0 Å². The van der Waals surface area contributed by atoms with Gasteiger partial charge in [-0.1, -0.05) is 23.8 Å². The first-order chi connectivity index (χ1) is 8.00. The van der Waals surface area contributed by atoms with Crippen LogP contribution in [0.1, 0.15) is 5.56 Å². The molecule has 0 spiro atoms. The second kappa shape index (κ2) is 4.43. The van der Waals surface area contributed by atoms with Crippen LogP contribution < -0.4 is 0 Å². The van der Waals surface area contributed by atoms with Crippen molar-refractivity contribution < 1.29 is 13.2 Å². The van der Waals surface area contributed by atoms with Crippen LogP contribution in [-0.4, -0.2) is 31.6 Å². The van der Waals surface area contributed by atoms with Crippen molar-refractivity contribution >= 4 is 15.8 Å². The molecule has 1 aromatic carbocycles. The third-order valence-corrected chi connectivity index (χ3v) is 4.43. The number of hydrogen-bond acceptors (Lipinski definition) is 3. The SMILES string of the molecule is Cc1ccc(S(=O)(=O)N2CC=CC(=O)C2)cc1. The number of carbonyl (C=O) groups excluding carboxylic acids is 1. The molecule has 1 aromatic rings. The summed E-state index contributed by atoms with van der Waals surface area (Å²) in [5.41, 5.74) is 0.999. The molecule has 0 N–H and O–H groups in total. The van der Waals surface area contributed by atoms with Gasteiger partial charge in [0.15, 0.2) is 5.78 Å².